The highest BCUT2D eigenvalue weighted by atomic mass is 35.5. The monoisotopic (exact) mass is 260 g/mol. The highest BCUT2D eigenvalue weighted by molar-refractivity contribution is 6.18. The van der Waals surface area contributed by atoms with Crippen LogP contribution >= 0.6 is 11.6 Å². The van der Waals surface area contributed by atoms with Crippen molar-refractivity contribution in [3.63, 3.8) is 0 Å². The minimum absolute atomic E-state index is 0.617. The summed E-state index contributed by atoms with van der Waals surface area (Å²) in [5, 5.41) is 4.21. The molecule has 0 aliphatic carbocycles. The molecule has 1 heterocycles. The summed E-state index contributed by atoms with van der Waals surface area (Å²) in [6.07, 6.45) is 2.67. The second-order valence-electron chi connectivity index (χ2n) is 3.86. The first-order chi connectivity index (χ1) is 8.31. The largest absolute Gasteiger partial charge is 0.383 e. The minimum atomic E-state index is 0.617. The number of halogens is 1. The highest BCUT2D eigenvalue weighted by Gasteiger charge is 2.10. The molecular formula is C11H21ClN4O. The van der Waals surface area contributed by atoms with Crippen molar-refractivity contribution in [3.05, 3.63) is 12.2 Å². The van der Waals surface area contributed by atoms with Gasteiger partial charge in [-0.15, -0.1) is 11.6 Å². The minimum Gasteiger partial charge on any atom is -0.383 e. The van der Waals surface area contributed by atoms with E-state index < -0.39 is 0 Å². The Hall–Kier alpha value is -0.650. The van der Waals surface area contributed by atoms with Crippen LogP contribution in [0.1, 0.15) is 19.2 Å². The van der Waals surface area contributed by atoms with Gasteiger partial charge in [0.15, 0.2) is 0 Å². The molecule has 0 spiro atoms. The van der Waals surface area contributed by atoms with E-state index in [9.17, 15) is 0 Å². The Morgan fingerprint density at radius 1 is 1.47 bits per heavy atom. The smallest absolute Gasteiger partial charge is 0.141 e. The van der Waals surface area contributed by atoms with Crippen LogP contribution in [0.4, 0.5) is 0 Å². The second-order valence-corrected chi connectivity index (χ2v) is 4.24. The molecule has 0 saturated heterocycles. The zero-order valence-corrected chi connectivity index (χ0v) is 11.4. The molecule has 0 N–H and O–H groups in total. The van der Waals surface area contributed by atoms with Crippen molar-refractivity contribution in [3.8, 4) is 0 Å². The van der Waals surface area contributed by atoms with Gasteiger partial charge in [0.25, 0.3) is 0 Å². The Balaban J connectivity index is 2.54. The first-order valence-corrected chi connectivity index (χ1v) is 6.49. The summed E-state index contributed by atoms with van der Waals surface area (Å²) in [6.45, 7) is 6.22. The molecule has 0 aliphatic heterocycles. The molecular weight excluding hydrogens is 240 g/mol. The Morgan fingerprint density at radius 3 is 2.94 bits per heavy atom. The molecule has 17 heavy (non-hydrogen) atoms. The predicted molar refractivity (Wildman–Crippen MR) is 68.2 cm³/mol. The third-order valence-corrected chi connectivity index (χ3v) is 2.68. The number of methoxy groups -OCH3 is 1. The SMILES string of the molecule is CCCn1ncnc1CN(CCCl)CCOC. The maximum atomic E-state index is 5.79. The normalized spacial score (nSPS) is 11.3. The Labute approximate surface area is 108 Å². The van der Waals surface area contributed by atoms with Crippen LogP contribution in [0.5, 0.6) is 0 Å². The molecule has 1 aromatic rings. The lowest BCUT2D eigenvalue weighted by Crippen LogP contribution is -2.30. The van der Waals surface area contributed by atoms with E-state index in [1.807, 2.05) is 4.68 Å². The summed E-state index contributed by atoms with van der Waals surface area (Å²) in [7, 11) is 1.71. The van der Waals surface area contributed by atoms with E-state index in [1.165, 1.54) is 0 Å². The molecule has 0 fully saturated rings. The van der Waals surface area contributed by atoms with Crippen molar-refractivity contribution >= 4 is 11.6 Å². The number of hydrogen-bond acceptors (Lipinski definition) is 4. The lowest BCUT2D eigenvalue weighted by atomic mass is 10.4. The lowest BCUT2D eigenvalue weighted by molar-refractivity contribution is 0.145. The van der Waals surface area contributed by atoms with Gasteiger partial charge in [0.1, 0.15) is 12.2 Å². The van der Waals surface area contributed by atoms with Crippen molar-refractivity contribution in [1.29, 1.82) is 0 Å². The molecule has 1 aromatic heterocycles. The quantitative estimate of drug-likeness (QED) is 0.629. The molecule has 0 amide bonds. The fraction of sp³-hybridized carbons (Fsp3) is 0.818. The van der Waals surface area contributed by atoms with E-state index in [0.29, 0.717) is 12.5 Å². The fourth-order valence-corrected chi connectivity index (χ4v) is 1.86. The van der Waals surface area contributed by atoms with Crippen LogP contribution in [0.25, 0.3) is 0 Å². The van der Waals surface area contributed by atoms with Crippen molar-refractivity contribution in [2.24, 2.45) is 0 Å². The van der Waals surface area contributed by atoms with Crippen LogP contribution in [-0.4, -0.2) is 52.4 Å². The van der Waals surface area contributed by atoms with Crippen LogP contribution in [0.2, 0.25) is 0 Å². The van der Waals surface area contributed by atoms with Crippen LogP contribution in [0.3, 0.4) is 0 Å². The third kappa shape index (κ3) is 5.02. The van der Waals surface area contributed by atoms with E-state index in [4.69, 9.17) is 16.3 Å². The third-order valence-electron chi connectivity index (χ3n) is 2.51. The van der Waals surface area contributed by atoms with E-state index in [0.717, 1.165) is 38.4 Å². The number of aryl methyl sites for hydroxylation is 1. The van der Waals surface area contributed by atoms with Gasteiger partial charge in [-0.3, -0.25) is 4.90 Å². The number of hydrogen-bond donors (Lipinski definition) is 0. The standard InChI is InChI=1S/C11H21ClN4O/c1-3-5-16-11(13-10-14-16)9-15(6-4-12)7-8-17-2/h10H,3-9H2,1-2H3. The summed E-state index contributed by atoms with van der Waals surface area (Å²) in [5.41, 5.74) is 0. The van der Waals surface area contributed by atoms with Crippen LogP contribution in [-0.2, 0) is 17.8 Å². The Kier molecular flexibility index (Phi) is 7.16. The second kappa shape index (κ2) is 8.44. The maximum absolute atomic E-state index is 5.79. The molecule has 0 atom stereocenters. The number of rotatable bonds is 9. The molecule has 0 aliphatic rings. The number of aromatic nitrogens is 3. The first-order valence-electron chi connectivity index (χ1n) is 5.95. The van der Waals surface area contributed by atoms with E-state index in [2.05, 4.69) is 21.9 Å². The number of nitrogens with zero attached hydrogens (tertiary/aromatic N) is 4. The summed E-state index contributed by atoms with van der Waals surface area (Å²) in [6, 6.07) is 0. The molecule has 0 bridgehead atoms. The molecule has 0 unspecified atom stereocenters. The van der Waals surface area contributed by atoms with E-state index in [1.54, 1.807) is 13.4 Å². The topological polar surface area (TPSA) is 43.2 Å². The molecule has 0 radical (unpaired) electrons. The van der Waals surface area contributed by atoms with Gasteiger partial charge in [0.05, 0.1) is 13.2 Å². The summed E-state index contributed by atoms with van der Waals surface area (Å²) in [5.74, 6) is 1.61. The van der Waals surface area contributed by atoms with Crippen molar-refractivity contribution in [1.82, 2.24) is 19.7 Å². The zero-order chi connectivity index (χ0) is 12.5. The van der Waals surface area contributed by atoms with Gasteiger partial charge in [-0.1, -0.05) is 6.92 Å². The number of ether oxygens (including phenoxy) is 1. The van der Waals surface area contributed by atoms with Gasteiger partial charge in [0, 0.05) is 32.6 Å². The molecule has 1 rings (SSSR count). The van der Waals surface area contributed by atoms with Gasteiger partial charge in [0.2, 0.25) is 0 Å². The van der Waals surface area contributed by atoms with Gasteiger partial charge >= 0.3 is 0 Å². The fourth-order valence-electron chi connectivity index (χ4n) is 1.62. The van der Waals surface area contributed by atoms with Crippen molar-refractivity contribution < 1.29 is 4.74 Å². The molecule has 0 saturated carbocycles. The Bertz CT molecular complexity index is 305. The molecule has 6 heteroatoms. The Morgan fingerprint density at radius 2 is 2.29 bits per heavy atom. The highest BCUT2D eigenvalue weighted by Crippen LogP contribution is 2.02. The maximum Gasteiger partial charge on any atom is 0.141 e. The van der Waals surface area contributed by atoms with Gasteiger partial charge in [-0.2, -0.15) is 5.10 Å². The summed E-state index contributed by atoms with van der Waals surface area (Å²) < 4.78 is 7.04. The zero-order valence-electron chi connectivity index (χ0n) is 10.6. The average molecular weight is 261 g/mol. The van der Waals surface area contributed by atoms with Gasteiger partial charge in [-0.25, -0.2) is 9.67 Å². The van der Waals surface area contributed by atoms with E-state index in [-0.39, 0.29) is 0 Å². The van der Waals surface area contributed by atoms with Crippen molar-refractivity contribution in [2.45, 2.75) is 26.4 Å². The van der Waals surface area contributed by atoms with Gasteiger partial charge in [-0.05, 0) is 6.42 Å². The molecule has 5 nitrogen and oxygen atoms in total. The van der Waals surface area contributed by atoms with E-state index >= 15 is 0 Å². The summed E-state index contributed by atoms with van der Waals surface area (Å²) in [4.78, 5) is 6.52. The summed E-state index contributed by atoms with van der Waals surface area (Å²) >= 11 is 5.79. The molecule has 0 aromatic carbocycles. The first kappa shape index (κ1) is 14.4. The van der Waals surface area contributed by atoms with Crippen LogP contribution in [0.15, 0.2) is 6.33 Å². The van der Waals surface area contributed by atoms with Crippen LogP contribution in [0, 0.1) is 0 Å². The van der Waals surface area contributed by atoms with Crippen molar-refractivity contribution in [2.75, 3.05) is 32.7 Å². The lowest BCUT2D eigenvalue weighted by Gasteiger charge is -2.20. The van der Waals surface area contributed by atoms with Gasteiger partial charge < -0.3 is 4.74 Å². The number of alkyl halides is 1. The van der Waals surface area contributed by atoms with Crippen LogP contribution < -0.4 is 0 Å². The predicted octanol–water partition coefficient (Wildman–Crippen LogP) is 1.38. The molecule has 98 valence electrons. The average Bonchev–Trinajstić information content (AvgIpc) is 2.74.